The van der Waals surface area contributed by atoms with Gasteiger partial charge in [-0.25, -0.2) is 4.79 Å². The van der Waals surface area contributed by atoms with Crippen LogP contribution in [0.2, 0.25) is 0 Å². The average Bonchev–Trinajstić information content (AvgIpc) is 3.34. The van der Waals surface area contributed by atoms with Crippen LogP contribution in [0.4, 0.5) is 4.79 Å². The smallest absolute Gasteiger partial charge is 0.309 e. The van der Waals surface area contributed by atoms with Gasteiger partial charge in [0.05, 0.1) is 5.71 Å². The second kappa shape index (κ2) is 11.6. The number of pyridine rings is 1. The van der Waals surface area contributed by atoms with Crippen molar-refractivity contribution in [1.29, 1.82) is 0 Å². The molecule has 1 amide bonds. The second-order valence-corrected chi connectivity index (χ2v) is 13.9. The number of rotatable bonds is 6. The molecule has 0 N–H and O–H groups in total. The van der Waals surface area contributed by atoms with E-state index in [-0.39, 0.29) is 16.9 Å². The molecule has 7 nitrogen and oxygen atoms in total. The molecule has 5 atom stereocenters. The van der Waals surface area contributed by atoms with E-state index in [1.807, 2.05) is 13.2 Å². The Morgan fingerprint density at radius 1 is 1.12 bits per heavy atom. The van der Waals surface area contributed by atoms with Crippen LogP contribution in [0, 0.1) is 28.6 Å². The standard InChI is InChI=1S/C34H49N5O2/c1-33-14-12-27(36-41-32(40)38(4)17-6-18-39-21-19-37(3)20-22-39)23-26(33)8-9-28-30-11-10-29(25-7-5-16-35-24-25)34(30,2)15-13-31(28)33/h5,7,10,16,23-24,28,30-31H,6,8-9,11-15,17-22H2,1-4H3/t28-,30+,31+,33+,34-/m1/s1. The topological polar surface area (TPSA) is 61.3 Å². The van der Waals surface area contributed by atoms with Gasteiger partial charge in [-0.2, -0.15) is 0 Å². The fraction of sp³-hybridized carbons (Fsp3) is 0.676. The monoisotopic (exact) mass is 559 g/mol. The van der Waals surface area contributed by atoms with Gasteiger partial charge in [0.25, 0.3) is 0 Å². The summed E-state index contributed by atoms with van der Waals surface area (Å²) in [4.78, 5) is 29.0. The average molecular weight is 560 g/mol. The van der Waals surface area contributed by atoms with Crippen LogP contribution in [0.5, 0.6) is 0 Å². The summed E-state index contributed by atoms with van der Waals surface area (Å²) in [5.74, 6) is 2.20. The minimum Gasteiger partial charge on any atom is -0.309 e. The maximum Gasteiger partial charge on any atom is 0.435 e. The highest BCUT2D eigenvalue weighted by atomic mass is 16.7. The van der Waals surface area contributed by atoms with Crippen molar-refractivity contribution in [3.05, 3.63) is 47.8 Å². The van der Waals surface area contributed by atoms with Crippen LogP contribution in [-0.2, 0) is 4.84 Å². The lowest BCUT2D eigenvalue weighted by Crippen LogP contribution is -2.49. The van der Waals surface area contributed by atoms with E-state index in [1.165, 1.54) is 42.4 Å². The third-order valence-corrected chi connectivity index (χ3v) is 11.6. The molecule has 2 heterocycles. The molecule has 222 valence electrons. The lowest BCUT2D eigenvalue weighted by Gasteiger charge is -2.58. The summed E-state index contributed by atoms with van der Waals surface area (Å²) in [5.41, 5.74) is 5.79. The quantitative estimate of drug-likeness (QED) is 0.311. The molecule has 5 aliphatic rings. The number of oxime groups is 1. The van der Waals surface area contributed by atoms with Crippen molar-refractivity contribution >= 4 is 17.4 Å². The minimum atomic E-state index is -0.351. The van der Waals surface area contributed by atoms with Crippen molar-refractivity contribution in [2.45, 2.75) is 65.2 Å². The van der Waals surface area contributed by atoms with Gasteiger partial charge in [0.15, 0.2) is 0 Å². The van der Waals surface area contributed by atoms with Gasteiger partial charge in [-0.15, -0.1) is 0 Å². The van der Waals surface area contributed by atoms with E-state index in [9.17, 15) is 4.79 Å². The Labute approximate surface area is 246 Å². The third-order valence-electron chi connectivity index (χ3n) is 11.6. The summed E-state index contributed by atoms with van der Waals surface area (Å²) in [6, 6.07) is 4.31. The van der Waals surface area contributed by atoms with Crippen LogP contribution < -0.4 is 0 Å². The number of allylic oxidation sites excluding steroid dienone is 4. The first kappa shape index (κ1) is 28.6. The van der Waals surface area contributed by atoms with E-state index >= 15 is 0 Å². The molecule has 1 saturated heterocycles. The maximum absolute atomic E-state index is 12.7. The molecule has 3 fully saturated rings. The molecule has 7 heteroatoms. The summed E-state index contributed by atoms with van der Waals surface area (Å²) in [6.07, 6.45) is 17.4. The molecular formula is C34H49N5O2. The van der Waals surface area contributed by atoms with Crippen molar-refractivity contribution in [2.75, 3.05) is 53.4 Å². The molecule has 1 aromatic rings. The van der Waals surface area contributed by atoms with Gasteiger partial charge in [-0.1, -0.05) is 36.7 Å². The Balaban J connectivity index is 1.05. The summed E-state index contributed by atoms with van der Waals surface area (Å²) in [5, 5.41) is 4.36. The Hall–Kier alpha value is -2.51. The van der Waals surface area contributed by atoms with Gasteiger partial charge in [0, 0.05) is 52.2 Å². The van der Waals surface area contributed by atoms with Gasteiger partial charge in [0.1, 0.15) is 0 Å². The second-order valence-electron chi connectivity index (χ2n) is 13.9. The molecule has 0 bridgehead atoms. The molecule has 0 unspecified atom stereocenters. The Morgan fingerprint density at radius 3 is 2.73 bits per heavy atom. The predicted octanol–water partition coefficient (Wildman–Crippen LogP) is 6.10. The first-order valence-electron chi connectivity index (χ1n) is 16.0. The summed E-state index contributed by atoms with van der Waals surface area (Å²) in [7, 11) is 3.99. The molecular weight excluding hydrogens is 510 g/mol. The highest BCUT2D eigenvalue weighted by molar-refractivity contribution is 5.96. The van der Waals surface area contributed by atoms with E-state index in [4.69, 9.17) is 4.84 Å². The Morgan fingerprint density at radius 2 is 1.95 bits per heavy atom. The molecule has 0 radical (unpaired) electrons. The first-order chi connectivity index (χ1) is 19.8. The van der Waals surface area contributed by atoms with Crippen molar-refractivity contribution in [3.63, 3.8) is 0 Å². The third kappa shape index (κ3) is 5.52. The van der Waals surface area contributed by atoms with Gasteiger partial charge < -0.3 is 14.7 Å². The largest absolute Gasteiger partial charge is 0.435 e. The highest BCUT2D eigenvalue weighted by Gasteiger charge is 2.57. The SMILES string of the molecule is CN1CCN(CCCN(C)C(=O)ON=C2C=C3CC[C@H]4[C@H](CC[C@]5(C)C(c6cccnc6)=CC[C@@H]45)[C@@]3(C)CC2)CC1. The molecule has 0 spiro atoms. The Kier molecular flexibility index (Phi) is 8.12. The fourth-order valence-electron chi connectivity index (χ4n) is 9.04. The molecule has 4 aliphatic carbocycles. The number of carbonyl (C=O) groups excluding carboxylic acids is 1. The van der Waals surface area contributed by atoms with Crippen molar-refractivity contribution in [2.24, 2.45) is 33.7 Å². The molecule has 0 aromatic carbocycles. The number of aromatic nitrogens is 1. The van der Waals surface area contributed by atoms with Gasteiger partial charge in [-0.3, -0.25) is 9.82 Å². The van der Waals surface area contributed by atoms with Crippen LogP contribution in [0.25, 0.3) is 5.57 Å². The number of hydrogen-bond acceptors (Lipinski definition) is 6. The van der Waals surface area contributed by atoms with Gasteiger partial charge >= 0.3 is 6.09 Å². The van der Waals surface area contributed by atoms with E-state index in [1.54, 1.807) is 4.90 Å². The fourth-order valence-corrected chi connectivity index (χ4v) is 9.04. The van der Waals surface area contributed by atoms with Crippen LogP contribution in [0.1, 0.15) is 70.8 Å². The molecule has 6 rings (SSSR count). The lowest BCUT2D eigenvalue weighted by molar-refractivity contribution is -0.0190. The zero-order chi connectivity index (χ0) is 28.6. The van der Waals surface area contributed by atoms with Gasteiger partial charge in [0.2, 0.25) is 0 Å². The molecule has 2 saturated carbocycles. The van der Waals surface area contributed by atoms with E-state index < -0.39 is 0 Å². The number of piperazine rings is 1. The van der Waals surface area contributed by atoms with Crippen molar-refractivity contribution < 1.29 is 9.63 Å². The summed E-state index contributed by atoms with van der Waals surface area (Å²) in [6.45, 7) is 11.2. The van der Waals surface area contributed by atoms with E-state index in [0.717, 1.165) is 81.9 Å². The molecule has 1 aromatic heterocycles. The zero-order valence-corrected chi connectivity index (χ0v) is 25.6. The van der Waals surface area contributed by atoms with Crippen LogP contribution in [-0.4, -0.2) is 84.9 Å². The van der Waals surface area contributed by atoms with E-state index in [2.05, 4.69) is 71.3 Å². The maximum atomic E-state index is 12.7. The number of nitrogens with zero attached hydrogens (tertiary/aromatic N) is 5. The van der Waals surface area contributed by atoms with Crippen LogP contribution in [0.3, 0.4) is 0 Å². The highest BCUT2D eigenvalue weighted by Crippen LogP contribution is 2.66. The molecule has 1 aliphatic heterocycles. The Bertz CT molecular complexity index is 1200. The van der Waals surface area contributed by atoms with Gasteiger partial charge in [-0.05, 0) is 117 Å². The zero-order valence-electron chi connectivity index (χ0n) is 25.6. The van der Waals surface area contributed by atoms with E-state index in [0.29, 0.717) is 6.54 Å². The lowest BCUT2D eigenvalue weighted by atomic mass is 9.46. The van der Waals surface area contributed by atoms with Crippen LogP contribution in [0.15, 0.2) is 47.4 Å². The number of fused-ring (bicyclic) bond motifs is 5. The van der Waals surface area contributed by atoms with Crippen LogP contribution >= 0.6 is 0 Å². The number of carbonyl (C=O) groups is 1. The summed E-state index contributed by atoms with van der Waals surface area (Å²) < 4.78 is 0. The van der Waals surface area contributed by atoms with Crippen molar-refractivity contribution in [3.8, 4) is 0 Å². The van der Waals surface area contributed by atoms with Crippen molar-refractivity contribution in [1.82, 2.24) is 19.7 Å². The number of likely N-dealkylation sites (N-methyl/N-ethyl adjacent to an activating group) is 1. The number of hydrogen-bond donors (Lipinski definition) is 0. The summed E-state index contributed by atoms with van der Waals surface area (Å²) >= 11 is 0. The number of amides is 1. The molecule has 41 heavy (non-hydrogen) atoms. The first-order valence-corrected chi connectivity index (χ1v) is 16.0. The normalized spacial score (nSPS) is 34.7. The minimum absolute atomic E-state index is 0.227. The predicted molar refractivity (Wildman–Crippen MR) is 164 cm³/mol.